The Kier molecular flexibility index (Phi) is 2.54. The van der Waals surface area contributed by atoms with Gasteiger partial charge in [0.2, 0.25) is 0 Å². The van der Waals surface area contributed by atoms with E-state index in [-0.39, 0.29) is 0 Å². The summed E-state index contributed by atoms with van der Waals surface area (Å²) < 4.78 is 19.8. The van der Waals surface area contributed by atoms with Gasteiger partial charge in [0.1, 0.15) is 0 Å². The van der Waals surface area contributed by atoms with Crippen LogP contribution in [0.5, 0.6) is 0 Å². The highest BCUT2D eigenvalue weighted by Gasteiger charge is 2.21. The Morgan fingerprint density at radius 2 is 2.00 bits per heavy atom. The Bertz CT molecular complexity index is 219. The summed E-state index contributed by atoms with van der Waals surface area (Å²) in [4.78, 5) is 10.5. The van der Waals surface area contributed by atoms with Crippen LogP contribution < -0.4 is 10.7 Å². The number of amides is 1. The molecule has 0 radical (unpaired) electrons. The van der Waals surface area contributed by atoms with Crippen LogP contribution in [0.15, 0.2) is 0 Å². The molecule has 0 spiro atoms. The molecule has 0 fully saturated rings. The molecule has 1 amide bonds. The number of nitrogens with two attached hydrogens (primary N) is 1. The average molecular weight is 171 g/mol. The second-order valence-electron chi connectivity index (χ2n) is 1.17. The molecular formula is CH5N3O5S. The molecule has 0 aliphatic heterocycles. The van der Waals surface area contributed by atoms with Crippen molar-refractivity contribution in [3.05, 3.63) is 0 Å². The summed E-state index contributed by atoms with van der Waals surface area (Å²) in [5, 5.41) is 15.7. The summed E-state index contributed by atoms with van der Waals surface area (Å²) in [6.45, 7) is 0. The van der Waals surface area contributed by atoms with E-state index < -0.39 is 20.7 Å². The lowest BCUT2D eigenvalue weighted by atomic mass is 11.3. The fourth-order valence-corrected chi connectivity index (χ4v) is 0.440. The van der Waals surface area contributed by atoms with Crippen molar-refractivity contribution in [1.82, 2.24) is 9.30 Å². The van der Waals surface area contributed by atoms with E-state index >= 15 is 0 Å². The lowest BCUT2D eigenvalue weighted by Crippen LogP contribution is -2.47. The van der Waals surface area contributed by atoms with Crippen LogP contribution in [0.3, 0.4) is 0 Å². The molecule has 0 rings (SSSR count). The van der Waals surface area contributed by atoms with E-state index in [4.69, 9.17) is 10.3 Å². The van der Waals surface area contributed by atoms with E-state index in [1.165, 1.54) is 0 Å². The predicted octanol–water partition coefficient (Wildman–Crippen LogP) is -1.94. The van der Waals surface area contributed by atoms with Gasteiger partial charge in [0.25, 0.3) is 0 Å². The number of hydrogen-bond donors (Lipinski definition) is 4. The van der Waals surface area contributed by atoms with Gasteiger partial charge in [-0.15, -0.1) is 4.41 Å². The number of nitrogens with one attached hydrogen (secondary N) is 1. The number of carboxylic acid groups (broad SMARTS) is 1. The third-order valence-corrected chi connectivity index (χ3v) is 1.47. The molecule has 9 heteroatoms. The summed E-state index contributed by atoms with van der Waals surface area (Å²) >= 11 is 0. The summed E-state index contributed by atoms with van der Waals surface area (Å²) in [5.41, 5.74) is 0. The highest BCUT2D eigenvalue weighted by Crippen LogP contribution is 1.87. The standard InChI is InChI=1S/CH5N3O5S/c2-4(1(5)6)10(8,9)3-7/h3,7H,2H2,(H,5,6). The lowest BCUT2D eigenvalue weighted by molar-refractivity contribution is 0.166. The van der Waals surface area contributed by atoms with Crippen molar-refractivity contribution in [2.24, 2.45) is 5.84 Å². The Morgan fingerprint density at radius 1 is 1.60 bits per heavy atom. The third kappa shape index (κ3) is 1.80. The molecule has 60 valence electrons. The van der Waals surface area contributed by atoms with Gasteiger partial charge in [0.15, 0.2) is 0 Å². The molecular weight excluding hydrogens is 166 g/mol. The van der Waals surface area contributed by atoms with Gasteiger partial charge in [-0.05, 0) is 0 Å². The zero-order chi connectivity index (χ0) is 8.36. The maximum atomic E-state index is 10.2. The Morgan fingerprint density at radius 3 is 2.10 bits per heavy atom. The maximum absolute atomic E-state index is 10.2. The first kappa shape index (κ1) is 9.10. The molecule has 0 atom stereocenters. The summed E-state index contributed by atoms with van der Waals surface area (Å²) in [6, 6.07) is 0. The quantitative estimate of drug-likeness (QED) is 0.217. The maximum Gasteiger partial charge on any atom is 0.437 e. The Balaban J connectivity index is 4.51. The van der Waals surface area contributed by atoms with Crippen molar-refractivity contribution >= 4 is 16.3 Å². The molecule has 0 aromatic rings. The van der Waals surface area contributed by atoms with Crippen molar-refractivity contribution < 1.29 is 23.5 Å². The summed E-state index contributed by atoms with van der Waals surface area (Å²) in [6.07, 6.45) is -1.90. The van der Waals surface area contributed by atoms with Gasteiger partial charge < -0.3 is 10.3 Å². The number of nitrogens with zero attached hydrogens (tertiary/aromatic N) is 1. The Labute approximate surface area is 56.0 Å². The minimum Gasteiger partial charge on any atom is -0.463 e. The average Bonchev–Trinajstić information content (AvgIpc) is 1.86. The smallest absolute Gasteiger partial charge is 0.437 e. The van der Waals surface area contributed by atoms with Gasteiger partial charge in [0, 0.05) is 0 Å². The molecule has 0 saturated heterocycles. The number of hydrogen-bond acceptors (Lipinski definition) is 5. The van der Waals surface area contributed by atoms with E-state index in [0.29, 0.717) is 4.89 Å². The molecule has 0 heterocycles. The largest absolute Gasteiger partial charge is 0.463 e. The fraction of sp³-hybridized carbons (Fsp3) is 0. The molecule has 0 bridgehead atoms. The van der Waals surface area contributed by atoms with Gasteiger partial charge in [-0.1, -0.05) is 4.89 Å². The topological polar surface area (TPSA) is 133 Å². The Hall–Kier alpha value is -0.900. The number of hydrazine groups is 1. The van der Waals surface area contributed by atoms with Crippen LogP contribution in [-0.2, 0) is 10.2 Å². The van der Waals surface area contributed by atoms with Crippen molar-refractivity contribution in [3.63, 3.8) is 0 Å². The summed E-state index contributed by atoms with van der Waals surface area (Å²) in [7, 11) is -4.48. The van der Waals surface area contributed by atoms with Gasteiger partial charge in [-0.25, -0.2) is 10.6 Å². The van der Waals surface area contributed by atoms with Crippen molar-refractivity contribution in [1.29, 1.82) is 0 Å². The first-order valence-electron chi connectivity index (χ1n) is 1.85. The van der Waals surface area contributed by atoms with Gasteiger partial charge in [-0.3, -0.25) is 0 Å². The molecule has 0 aliphatic carbocycles. The van der Waals surface area contributed by atoms with E-state index in [0.717, 1.165) is 0 Å². The fourth-order valence-electron chi connectivity index (χ4n) is 0.147. The van der Waals surface area contributed by atoms with Crippen LogP contribution in [-0.4, -0.2) is 29.2 Å². The van der Waals surface area contributed by atoms with Crippen LogP contribution in [0.2, 0.25) is 0 Å². The van der Waals surface area contributed by atoms with Gasteiger partial charge in [0.05, 0.1) is 0 Å². The van der Waals surface area contributed by atoms with Crippen molar-refractivity contribution in [2.45, 2.75) is 0 Å². The van der Waals surface area contributed by atoms with Gasteiger partial charge >= 0.3 is 16.3 Å². The van der Waals surface area contributed by atoms with Crippen molar-refractivity contribution in [3.8, 4) is 0 Å². The van der Waals surface area contributed by atoms with Crippen LogP contribution in [0.25, 0.3) is 0 Å². The minimum atomic E-state index is -4.48. The molecule has 10 heavy (non-hydrogen) atoms. The lowest BCUT2D eigenvalue weighted by Gasteiger charge is -2.09. The van der Waals surface area contributed by atoms with E-state index in [9.17, 15) is 13.2 Å². The van der Waals surface area contributed by atoms with E-state index in [1.54, 1.807) is 0 Å². The monoisotopic (exact) mass is 171 g/mol. The summed E-state index contributed by atoms with van der Waals surface area (Å²) in [5.74, 6) is 4.43. The van der Waals surface area contributed by atoms with Crippen molar-refractivity contribution in [2.75, 3.05) is 0 Å². The number of carbonyl (C=O) groups is 1. The zero-order valence-corrected chi connectivity index (χ0v) is 5.37. The van der Waals surface area contributed by atoms with Gasteiger partial charge in [-0.2, -0.15) is 8.42 Å². The molecule has 8 nitrogen and oxygen atoms in total. The first-order chi connectivity index (χ1) is 4.41. The first-order valence-corrected chi connectivity index (χ1v) is 3.29. The number of rotatable bonds is 2. The predicted molar refractivity (Wildman–Crippen MR) is 27.9 cm³/mol. The molecule has 0 aromatic carbocycles. The molecule has 0 aromatic heterocycles. The molecule has 0 unspecified atom stereocenters. The van der Waals surface area contributed by atoms with E-state index in [2.05, 4.69) is 5.84 Å². The molecule has 5 N–H and O–H groups in total. The molecule has 0 saturated carbocycles. The normalized spacial score (nSPS) is 11.0. The second kappa shape index (κ2) is 2.79. The zero-order valence-electron chi connectivity index (χ0n) is 4.55. The van der Waals surface area contributed by atoms with Crippen LogP contribution in [0, 0.1) is 0 Å². The van der Waals surface area contributed by atoms with Crippen LogP contribution >= 0.6 is 0 Å². The minimum absolute atomic E-state index is 0.562. The van der Waals surface area contributed by atoms with E-state index in [1.807, 2.05) is 0 Å². The SMILES string of the molecule is NN(C(=O)O)S(=O)(=O)NO. The third-order valence-electron chi connectivity index (χ3n) is 0.563. The van der Waals surface area contributed by atoms with Crippen LogP contribution in [0.1, 0.15) is 0 Å². The molecule has 0 aliphatic rings. The van der Waals surface area contributed by atoms with Crippen LogP contribution in [0.4, 0.5) is 4.79 Å². The highest BCUT2D eigenvalue weighted by molar-refractivity contribution is 7.87. The second-order valence-corrected chi connectivity index (χ2v) is 2.70. The highest BCUT2D eigenvalue weighted by atomic mass is 32.2.